The van der Waals surface area contributed by atoms with Crippen LogP contribution in [0.5, 0.6) is 23.0 Å². The van der Waals surface area contributed by atoms with Gasteiger partial charge in [-0.25, -0.2) is 0 Å². The molecule has 4 aromatic rings. The third kappa shape index (κ3) is 8.29. The molecule has 0 aromatic heterocycles. The minimum atomic E-state index is 0.0348. The van der Waals surface area contributed by atoms with Crippen molar-refractivity contribution >= 4 is 0 Å². The molecule has 0 spiro atoms. The second-order valence-electron chi connectivity index (χ2n) is 15.6. The maximum Gasteiger partial charge on any atom is 0.119 e. The molecule has 6 nitrogen and oxygen atoms in total. The van der Waals surface area contributed by atoms with Crippen LogP contribution in [0.4, 0.5) is 0 Å². The van der Waals surface area contributed by atoms with Crippen LogP contribution in [0.3, 0.4) is 0 Å². The molecule has 52 heavy (non-hydrogen) atoms. The Kier molecular flexibility index (Phi) is 10.7. The standard InChI is InChI=1S/C46H54O6/c1-34(28-47-39-16-8-35(9-17-39)45(24-4-2-5-25-45)37-12-20-41(21-13-37)49-30-43-32-51-43)29-48-40-18-10-36(11-19-40)46(26-6-3-7-27-46)38-14-22-42(23-15-38)50-31-44-33-52-44/h8-23,34,43-44H,2-7,24-33H2,1H3. The van der Waals surface area contributed by atoms with Gasteiger partial charge >= 0.3 is 0 Å². The third-order valence-electron chi connectivity index (χ3n) is 11.8. The highest BCUT2D eigenvalue weighted by Crippen LogP contribution is 2.47. The Balaban J connectivity index is 0.849. The number of rotatable bonds is 16. The van der Waals surface area contributed by atoms with Gasteiger partial charge in [-0.05, 0) is 96.5 Å². The average molecular weight is 703 g/mol. The number of hydrogen-bond donors (Lipinski definition) is 0. The summed E-state index contributed by atoms with van der Waals surface area (Å²) in [4.78, 5) is 0. The highest BCUT2D eigenvalue weighted by molar-refractivity contribution is 5.45. The van der Waals surface area contributed by atoms with Gasteiger partial charge in [-0.15, -0.1) is 0 Å². The van der Waals surface area contributed by atoms with Crippen molar-refractivity contribution in [3.63, 3.8) is 0 Å². The SMILES string of the molecule is CC(COc1ccc(C2(c3ccc(OCC4CO4)cc3)CCCCC2)cc1)COc1ccc(C2(c3ccc(OCC4CO4)cc3)CCCCC2)cc1. The topological polar surface area (TPSA) is 62.0 Å². The van der Waals surface area contributed by atoms with E-state index in [1.54, 1.807) is 0 Å². The van der Waals surface area contributed by atoms with Crippen LogP contribution in [0, 0.1) is 5.92 Å². The average Bonchev–Trinajstić information content (AvgIpc) is 4.16. The van der Waals surface area contributed by atoms with E-state index in [1.165, 1.54) is 86.5 Å². The van der Waals surface area contributed by atoms with Crippen molar-refractivity contribution in [1.29, 1.82) is 0 Å². The van der Waals surface area contributed by atoms with E-state index in [4.69, 9.17) is 28.4 Å². The first-order valence-corrected chi connectivity index (χ1v) is 19.7. The monoisotopic (exact) mass is 702 g/mol. The van der Waals surface area contributed by atoms with E-state index in [0.29, 0.717) is 26.4 Å². The van der Waals surface area contributed by atoms with Crippen LogP contribution < -0.4 is 18.9 Å². The molecule has 0 radical (unpaired) electrons. The van der Waals surface area contributed by atoms with Crippen LogP contribution in [0.2, 0.25) is 0 Å². The number of ether oxygens (including phenoxy) is 6. The Morgan fingerprint density at radius 2 is 0.750 bits per heavy atom. The van der Waals surface area contributed by atoms with Gasteiger partial charge in [0.1, 0.15) is 48.4 Å². The fourth-order valence-corrected chi connectivity index (χ4v) is 8.51. The van der Waals surface area contributed by atoms with Crippen molar-refractivity contribution in [2.24, 2.45) is 5.92 Å². The summed E-state index contributed by atoms with van der Waals surface area (Å²) < 4.78 is 35.0. The van der Waals surface area contributed by atoms with Gasteiger partial charge in [0.05, 0.1) is 26.4 Å². The Morgan fingerprint density at radius 3 is 1.04 bits per heavy atom. The van der Waals surface area contributed by atoms with Gasteiger partial charge in [0.15, 0.2) is 0 Å². The van der Waals surface area contributed by atoms with Crippen molar-refractivity contribution < 1.29 is 28.4 Å². The van der Waals surface area contributed by atoms with E-state index >= 15 is 0 Å². The zero-order valence-corrected chi connectivity index (χ0v) is 30.7. The highest BCUT2D eigenvalue weighted by atomic mass is 16.6. The lowest BCUT2D eigenvalue weighted by molar-refractivity contribution is 0.188. The van der Waals surface area contributed by atoms with Crippen LogP contribution >= 0.6 is 0 Å². The lowest BCUT2D eigenvalue weighted by Crippen LogP contribution is -2.30. The normalized spacial score (nSPS) is 22.2. The summed E-state index contributed by atoms with van der Waals surface area (Å²) in [5.74, 6) is 3.90. The molecule has 0 N–H and O–H groups in total. The molecular formula is C46H54O6. The first-order valence-electron chi connectivity index (χ1n) is 19.7. The second-order valence-corrected chi connectivity index (χ2v) is 15.6. The smallest absolute Gasteiger partial charge is 0.119 e. The predicted molar refractivity (Wildman–Crippen MR) is 204 cm³/mol. The van der Waals surface area contributed by atoms with Crippen molar-refractivity contribution in [3.05, 3.63) is 119 Å². The molecule has 8 rings (SSSR count). The van der Waals surface area contributed by atoms with Gasteiger partial charge in [0.2, 0.25) is 0 Å². The largest absolute Gasteiger partial charge is 0.493 e. The summed E-state index contributed by atoms with van der Waals surface area (Å²) in [7, 11) is 0. The zero-order chi connectivity index (χ0) is 35.2. The van der Waals surface area contributed by atoms with Crippen LogP contribution in [0.15, 0.2) is 97.1 Å². The van der Waals surface area contributed by atoms with Crippen LogP contribution in [0.25, 0.3) is 0 Å². The summed E-state index contributed by atoms with van der Waals surface area (Å²) in [6.45, 7) is 6.29. The molecule has 2 saturated carbocycles. The van der Waals surface area contributed by atoms with Gasteiger partial charge in [0, 0.05) is 16.7 Å². The molecule has 2 unspecified atom stereocenters. The van der Waals surface area contributed by atoms with Gasteiger partial charge < -0.3 is 28.4 Å². The lowest BCUT2D eigenvalue weighted by Gasteiger charge is -2.39. The predicted octanol–water partition coefficient (Wildman–Crippen LogP) is 9.84. The Morgan fingerprint density at radius 1 is 0.462 bits per heavy atom. The summed E-state index contributed by atoms with van der Waals surface area (Å²) in [5.41, 5.74) is 5.57. The summed E-state index contributed by atoms with van der Waals surface area (Å²) in [5, 5.41) is 0. The van der Waals surface area contributed by atoms with Gasteiger partial charge in [-0.3, -0.25) is 0 Å². The molecule has 2 aliphatic heterocycles. The highest BCUT2D eigenvalue weighted by Gasteiger charge is 2.37. The molecule has 2 saturated heterocycles. The van der Waals surface area contributed by atoms with Crippen molar-refractivity contribution in [2.75, 3.05) is 39.6 Å². The maximum atomic E-state index is 6.28. The Labute approximate surface area is 309 Å². The Bertz CT molecular complexity index is 1570. The fraction of sp³-hybridized carbons (Fsp3) is 0.478. The van der Waals surface area contributed by atoms with E-state index in [0.717, 1.165) is 36.2 Å². The molecule has 2 atom stereocenters. The number of benzene rings is 4. The van der Waals surface area contributed by atoms with E-state index < -0.39 is 0 Å². The van der Waals surface area contributed by atoms with Gasteiger partial charge in [-0.2, -0.15) is 0 Å². The second kappa shape index (κ2) is 15.9. The molecule has 4 aromatic carbocycles. The quantitative estimate of drug-likeness (QED) is 0.108. The lowest BCUT2D eigenvalue weighted by atomic mass is 9.65. The molecule has 4 fully saturated rings. The molecule has 2 aliphatic carbocycles. The van der Waals surface area contributed by atoms with E-state index in [-0.39, 0.29) is 29.0 Å². The minimum Gasteiger partial charge on any atom is -0.493 e. The molecule has 2 heterocycles. The van der Waals surface area contributed by atoms with Crippen LogP contribution in [0.1, 0.15) is 93.4 Å². The van der Waals surface area contributed by atoms with Crippen molar-refractivity contribution in [2.45, 2.75) is 94.2 Å². The number of epoxide rings is 2. The van der Waals surface area contributed by atoms with E-state index in [9.17, 15) is 0 Å². The molecule has 274 valence electrons. The van der Waals surface area contributed by atoms with Gasteiger partial charge in [0.25, 0.3) is 0 Å². The maximum absolute atomic E-state index is 6.28. The summed E-state index contributed by atoms with van der Waals surface area (Å²) in [6.07, 6.45) is 12.8. The molecule has 0 bridgehead atoms. The number of hydrogen-bond acceptors (Lipinski definition) is 6. The molecule has 6 heteroatoms. The van der Waals surface area contributed by atoms with E-state index in [2.05, 4.69) is 104 Å². The fourth-order valence-electron chi connectivity index (χ4n) is 8.51. The first-order chi connectivity index (χ1) is 25.6. The van der Waals surface area contributed by atoms with Crippen molar-refractivity contribution in [3.8, 4) is 23.0 Å². The van der Waals surface area contributed by atoms with Crippen LogP contribution in [-0.4, -0.2) is 51.8 Å². The van der Waals surface area contributed by atoms with Crippen molar-refractivity contribution in [1.82, 2.24) is 0 Å². The minimum absolute atomic E-state index is 0.0348. The summed E-state index contributed by atoms with van der Waals surface area (Å²) in [6, 6.07) is 35.3. The molecule has 0 amide bonds. The molecular weight excluding hydrogens is 649 g/mol. The molecule has 4 aliphatic rings. The third-order valence-corrected chi connectivity index (χ3v) is 11.8. The van der Waals surface area contributed by atoms with E-state index in [1.807, 2.05) is 0 Å². The zero-order valence-electron chi connectivity index (χ0n) is 30.7. The van der Waals surface area contributed by atoms with Crippen LogP contribution in [-0.2, 0) is 20.3 Å². The van der Waals surface area contributed by atoms with Gasteiger partial charge in [-0.1, -0.05) is 94.0 Å². The Hall–Kier alpha value is -4.00. The first kappa shape index (κ1) is 35.1. The summed E-state index contributed by atoms with van der Waals surface area (Å²) >= 11 is 0.